The molecule has 0 unspecified atom stereocenters. The molecule has 0 aliphatic heterocycles. The van der Waals surface area contributed by atoms with Crippen molar-refractivity contribution in [2.75, 3.05) is 7.05 Å². The fourth-order valence-electron chi connectivity index (χ4n) is 2.11. The van der Waals surface area contributed by atoms with Crippen LogP contribution in [0.15, 0.2) is 24.4 Å². The highest BCUT2D eigenvalue weighted by molar-refractivity contribution is 5.66. The molecule has 0 bridgehead atoms. The first kappa shape index (κ1) is 12.8. The molecule has 18 heavy (non-hydrogen) atoms. The molecule has 0 saturated carbocycles. The second-order valence-electron chi connectivity index (χ2n) is 4.36. The maximum absolute atomic E-state index is 14.0. The molecule has 1 heterocycles. The third kappa shape index (κ3) is 2.43. The standard InChI is InChI=1S/C14H18FN3/c1-4-14-12(9-18(3)17-14)11-7-10(8-16-2)5-6-13(11)15/h5-7,9,16H,4,8H2,1-3H3. The Morgan fingerprint density at radius 3 is 2.78 bits per heavy atom. The number of aryl methyl sites for hydroxylation is 2. The highest BCUT2D eigenvalue weighted by Crippen LogP contribution is 2.27. The van der Waals surface area contributed by atoms with Crippen molar-refractivity contribution in [1.29, 1.82) is 0 Å². The minimum Gasteiger partial charge on any atom is -0.316 e. The van der Waals surface area contributed by atoms with Gasteiger partial charge in [-0.2, -0.15) is 5.10 Å². The summed E-state index contributed by atoms with van der Waals surface area (Å²) in [4.78, 5) is 0. The van der Waals surface area contributed by atoms with Crippen molar-refractivity contribution in [3.63, 3.8) is 0 Å². The molecule has 1 aromatic carbocycles. The van der Waals surface area contributed by atoms with Gasteiger partial charge in [-0.15, -0.1) is 0 Å². The fraction of sp³-hybridized carbons (Fsp3) is 0.357. The number of rotatable bonds is 4. The van der Waals surface area contributed by atoms with Gasteiger partial charge in [-0.3, -0.25) is 4.68 Å². The van der Waals surface area contributed by atoms with Crippen LogP contribution < -0.4 is 5.32 Å². The second-order valence-corrected chi connectivity index (χ2v) is 4.36. The van der Waals surface area contributed by atoms with Gasteiger partial charge in [0.25, 0.3) is 0 Å². The first-order valence-corrected chi connectivity index (χ1v) is 6.11. The van der Waals surface area contributed by atoms with Gasteiger partial charge in [-0.05, 0) is 31.2 Å². The third-order valence-electron chi connectivity index (χ3n) is 2.94. The lowest BCUT2D eigenvalue weighted by molar-refractivity contribution is 0.629. The summed E-state index contributed by atoms with van der Waals surface area (Å²) in [6.07, 6.45) is 2.67. The molecular weight excluding hydrogens is 229 g/mol. The van der Waals surface area contributed by atoms with E-state index in [1.807, 2.05) is 33.3 Å². The lowest BCUT2D eigenvalue weighted by Gasteiger charge is -2.06. The van der Waals surface area contributed by atoms with Gasteiger partial charge in [0.05, 0.1) is 5.69 Å². The van der Waals surface area contributed by atoms with Crippen molar-refractivity contribution >= 4 is 0 Å². The molecule has 0 fully saturated rings. The largest absolute Gasteiger partial charge is 0.316 e. The monoisotopic (exact) mass is 247 g/mol. The zero-order chi connectivity index (χ0) is 13.1. The van der Waals surface area contributed by atoms with Crippen molar-refractivity contribution in [3.8, 4) is 11.1 Å². The topological polar surface area (TPSA) is 29.9 Å². The fourth-order valence-corrected chi connectivity index (χ4v) is 2.11. The maximum atomic E-state index is 14.0. The van der Waals surface area contributed by atoms with Gasteiger partial charge in [-0.1, -0.05) is 13.0 Å². The van der Waals surface area contributed by atoms with Crippen molar-refractivity contribution in [2.24, 2.45) is 7.05 Å². The van der Waals surface area contributed by atoms with E-state index in [4.69, 9.17) is 0 Å². The Hall–Kier alpha value is -1.68. The van der Waals surface area contributed by atoms with Crippen LogP contribution in [0, 0.1) is 5.82 Å². The van der Waals surface area contributed by atoms with E-state index in [9.17, 15) is 4.39 Å². The smallest absolute Gasteiger partial charge is 0.131 e. The molecule has 2 rings (SSSR count). The lowest BCUT2D eigenvalue weighted by atomic mass is 10.0. The molecule has 0 saturated heterocycles. The number of halogens is 1. The molecule has 0 aliphatic carbocycles. The molecule has 0 atom stereocenters. The Balaban J connectivity index is 2.51. The van der Waals surface area contributed by atoms with Crippen LogP contribution in [-0.4, -0.2) is 16.8 Å². The van der Waals surface area contributed by atoms with Crippen LogP contribution in [0.2, 0.25) is 0 Å². The van der Waals surface area contributed by atoms with Crippen LogP contribution in [-0.2, 0) is 20.0 Å². The molecule has 3 nitrogen and oxygen atoms in total. The number of nitrogens with one attached hydrogen (secondary N) is 1. The van der Waals surface area contributed by atoms with E-state index in [2.05, 4.69) is 10.4 Å². The summed E-state index contributed by atoms with van der Waals surface area (Å²) in [6.45, 7) is 2.76. The van der Waals surface area contributed by atoms with Gasteiger partial charge in [0, 0.05) is 30.9 Å². The van der Waals surface area contributed by atoms with Crippen molar-refractivity contribution in [1.82, 2.24) is 15.1 Å². The van der Waals surface area contributed by atoms with E-state index in [-0.39, 0.29) is 5.82 Å². The van der Waals surface area contributed by atoms with Crippen LogP contribution in [0.4, 0.5) is 4.39 Å². The zero-order valence-electron chi connectivity index (χ0n) is 11.0. The number of benzene rings is 1. The highest BCUT2D eigenvalue weighted by Gasteiger charge is 2.13. The lowest BCUT2D eigenvalue weighted by Crippen LogP contribution is -2.05. The zero-order valence-corrected chi connectivity index (χ0v) is 11.0. The van der Waals surface area contributed by atoms with Crippen molar-refractivity contribution in [3.05, 3.63) is 41.5 Å². The first-order chi connectivity index (χ1) is 8.65. The van der Waals surface area contributed by atoms with Crippen LogP contribution in [0.1, 0.15) is 18.2 Å². The summed E-state index contributed by atoms with van der Waals surface area (Å²) < 4.78 is 15.7. The van der Waals surface area contributed by atoms with Crippen LogP contribution in [0.5, 0.6) is 0 Å². The Labute approximate surface area is 107 Å². The van der Waals surface area contributed by atoms with Gasteiger partial charge in [0.1, 0.15) is 5.82 Å². The van der Waals surface area contributed by atoms with Gasteiger partial charge in [0.2, 0.25) is 0 Å². The average Bonchev–Trinajstić information content (AvgIpc) is 2.73. The number of aromatic nitrogens is 2. The Morgan fingerprint density at radius 1 is 1.33 bits per heavy atom. The van der Waals surface area contributed by atoms with E-state index in [1.165, 1.54) is 6.07 Å². The van der Waals surface area contributed by atoms with Crippen LogP contribution in [0.25, 0.3) is 11.1 Å². The molecule has 2 aromatic rings. The van der Waals surface area contributed by atoms with Gasteiger partial charge < -0.3 is 5.32 Å². The van der Waals surface area contributed by atoms with E-state index >= 15 is 0 Å². The predicted octanol–water partition coefficient (Wildman–Crippen LogP) is 2.51. The maximum Gasteiger partial charge on any atom is 0.131 e. The quantitative estimate of drug-likeness (QED) is 0.899. The number of hydrogen-bond acceptors (Lipinski definition) is 2. The van der Waals surface area contributed by atoms with E-state index < -0.39 is 0 Å². The van der Waals surface area contributed by atoms with Crippen molar-refractivity contribution in [2.45, 2.75) is 19.9 Å². The Morgan fingerprint density at radius 2 is 2.11 bits per heavy atom. The minimum absolute atomic E-state index is 0.197. The Kier molecular flexibility index (Phi) is 3.77. The summed E-state index contributed by atoms with van der Waals surface area (Å²) >= 11 is 0. The molecule has 0 spiro atoms. The first-order valence-electron chi connectivity index (χ1n) is 6.11. The summed E-state index contributed by atoms with van der Waals surface area (Å²) in [6, 6.07) is 5.22. The van der Waals surface area contributed by atoms with Gasteiger partial charge in [-0.25, -0.2) is 4.39 Å². The van der Waals surface area contributed by atoms with E-state index in [0.29, 0.717) is 5.56 Å². The van der Waals surface area contributed by atoms with Gasteiger partial charge in [0.15, 0.2) is 0 Å². The molecule has 1 aromatic heterocycles. The molecule has 0 radical (unpaired) electrons. The molecule has 4 heteroatoms. The summed E-state index contributed by atoms with van der Waals surface area (Å²) in [7, 11) is 3.74. The van der Waals surface area contributed by atoms with Crippen LogP contribution in [0.3, 0.4) is 0 Å². The summed E-state index contributed by atoms with van der Waals surface area (Å²) in [5, 5.41) is 7.43. The van der Waals surface area contributed by atoms with Crippen molar-refractivity contribution < 1.29 is 4.39 Å². The number of nitrogens with zero attached hydrogens (tertiary/aromatic N) is 2. The van der Waals surface area contributed by atoms with Crippen LogP contribution >= 0.6 is 0 Å². The molecule has 96 valence electrons. The molecule has 1 N–H and O–H groups in total. The Bertz CT molecular complexity index is 546. The minimum atomic E-state index is -0.197. The second kappa shape index (κ2) is 5.31. The third-order valence-corrected chi connectivity index (χ3v) is 2.94. The average molecular weight is 247 g/mol. The molecule has 0 amide bonds. The van der Waals surface area contributed by atoms with Gasteiger partial charge >= 0.3 is 0 Å². The molecule has 0 aliphatic rings. The summed E-state index contributed by atoms with van der Waals surface area (Å²) in [5.74, 6) is -0.197. The highest BCUT2D eigenvalue weighted by atomic mass is 19.1. The normalized spacial score (nSPS) is 10.9. The predicted molar refractivity (Wildman–Crippen MR) is 70.7 cm³/mol. The molecular formula is C14H18FN3. The van der Waals surface area contributed by atoms with E-state index in [0.717, 1.165) is 29.8 Å². The number of hydrogen-bond donors (Lipinski definition) is 1. The van der Waals surface area contributed by atoms with E-state index in [1.54, 1.807) is 10.7 Å². The SMILES string of the molecule is CCc1nn(C)cc1-c1cc(CNC)ccc1F. The summed E-state index contributed by atoms with van der Waals surface area (Å²) in [5.41, 5.74) is 3.51.